The number of likely N-dealkylation sites (N-methyl/N-ethyl adjacent to an activating group) is 1. The summed E-state index contributed by atoms with van der Waals surface area (Å²) < 4.78 is 80.8. The number of rotatable bonds is 6. The van der Waals surface area contributed by atoms with Crippen LogP contribution in [0.15, 0.2) is 48.8 Å². The van der Waals surface area contributed by atoms with E-state index in [0.717, 1.165) is 18.6 Å². The van der Waals surface area contributed by atoms with E-state index >= 15 is 13.2 Å². The highest BCUT2D eigenvalue weighted by molar-refractivity contribution is 5.94. The van der Waals surface area contributed by atoms with E-state index in [0.29, 0.717) is 64.9 Å². The molecule has 6 aliphatic heterocycles. The third-order valence-corrected chi connectivity index (χ3v) is 12.8. The number of ether oxygens (including phenoxy) is 3. The van der Waals surface area contributed by atoms with E-state index in [9.17, 15) is 9.18 Å². The lowest BCUT2D eigenvalue weighted by Gasteiger charge is -2.57. The number of hydrogen-bond acceptors (Lipinski definition) is 13. The van der Waals surface area contributed by atoms with E-state index in [1.807, 2.05) is 16.4 Å². The molecule has 4 aromatic heterocycles. The average Bonchev–Trinajstić information content (AvgIpc) is 3.93. The molecule has 10 heterocycles. The quantitative estimate of drug-likeness (QED) is 0.224. The number of aromatic nitrogens is 8. The molecule has 0 saturated carbocycles. The molecular weight excluding hydrogens is 813 g/mol. The van der Waals surface area contributed by atoms with Gasteiger partial charge in [-0.3, -0.25) is 9.69 Å². The molecule has 5 atom stereocenters. The molecule has 0 aliphatic carbocycles. The lowest BCUT2D eigenvalue weighted by molar-refractivity contribution is -0.145. The molecule has 0 radical (unpaired) electrons. The number of halogens is 4. The summed E-state index contributed by atoms with van der Waals surface area (Å²) in [6.45, 7) is 4.08. The zero-order valence-electron chi connectivity index (χ0n) is 34.1. The number of anilines is 2. The van der Waals surface area contributed by atoms with Crippen molar-refractivity contribution < 1.29 is 36.6 Å². The number of aryl methyl sites for hydroxylation is 1. The van der Waals surface area contributed by atoms with Crippen LogP contribution >= 0.6 is 0 Å². The SMILES string of the molecule is CO[C@@H]1CN(C)C(=O)[C@@H]2C[C@@H](CN2c2nc(N3C4CC3CN(CC3(F)COC3)C4)nc3c2cnn3-c2ccc(F)cc2F)Oc2nccc(n2)-c2cc(F)cc3nc(C)n(c23)C1. The Balaban J connectivity index is 1.01. The molecule has 0 spiro atoms. The first-order valence-electron chi connectivity index (χ1n) is 20.6. The van der Waals surface area contributed by atoms with Gasteiger partial charge in [0.25, 0.3) is 0 Å². The molecule has 6 aromatic rings. The predicted molar refractivity (Wildman–Crippen MR) is 216 cm³/mol. The van der Waals surface area contributed by atoms with Gasteiger partial charge < -0.3 is 33.5 Å². The first-order valence-corrected chi connectivity index (χ1v) is 20.6. The van der Waals surface area contributed by atoms with Crippen LogP contribution in [0.4, 0.5) is 29.3 Å². The number of imidazole rings is 1. The van der Waals surface area contributed by atoms with Crippen molar-refractivity contribution in [1.29, 1.82) is 0 Å². The number of piperidine rings is 1. The van der Waals surface area contributed by atoms with Gasteiger partial charge in [0.2, 0.25) is 11.9 Å². The smallest absolute Gasteiger partial charge is 0.317 e. The van der Waals surface area contributed by atoms with Crippen molar-refractivity contribution >= 4 is 39.7 Å². The minimum absolute atomic E-state index is 0.0196. The largest absolute Gasteiger partial charge is 0.458 e. The maximum Gasteiger partial charge on any atom is 0.317 e. The van der Waals surface area contributed by atoms with E-state index in [4.69, 9.17) is 29.2 Å². The van der Waals surface area contributed by atoms with Crippen LogP contribution in [-0.2, 0) is 20.8 Å². The third kappa shape index (κ3) is 6.48. The summed E-state index contributed by atoms with van der Waals surface area (Å²) in [4.78, 5) is 46.5. The van der Waals surface area contributed by atoms with Crippen LogP contribution < -0.4 is 14.5 Å². The van der Waals surface area contributed by atoms with Gasteiger partial charge in [0, 0.05) is 82.7 Å². The second kappa shape index (κ2) is 14.6. The highest BCUT2D eigenvalue weighted by Gasteiger charge is 2.50. The molecular formula is C42H42F4N12O4. The Morgan fingerprint density at radius 1 is 0.935 bits per heavy atom. The number of fused-ring (bicyclic) bond motifs is 8. The minimum Gasteiger partial charge on any atom is -0.458 e. The first-order chi connectivity index (χ1) is 29.9. The van der Waals surface area contributed by atoms with Gasteiger partial charge in [-0.2, -0.15) is 20.1 Å². The Labute approximate surface area is 352 Å². The summed E-state index contributed by atoms with van der Waals surface area (Å²) in [5.41, 5.74) is 0.900. The highest BCUT2D eigenvalue weighted by Crippen LogP contribution is 2.41. The van der Waals surface area contributed by atoms with Crippen molar-refractivity contribution in [1.82, 2.24) is 49.1 Å². The monoisotopic (exact) mass is 854 g/mol. The van der Waals surface area contributed by atoms with Crippen molar-refractivity contribution in [2.75, 3.05) is 69.9 Å². The number of alkyl halides is 1. The topological polar surface area (TPSA) is 145 Å². The molecule has 12 rings (SSSR count). The Morgan fingerprint density at radius 3 is 2.52 bits per heavy atom. The van der Waals surface area contributed by atoms with Gasteiger partial charge in [-0.05, 0) is 37.6 Å². The van der Waals surface area contributed by atoms with Crippen LogP contribution in [0.5, 0.6) is 6.01 Å². The molecule has 2 unspecified atom stereocenters. The molecule has 6 bridgehead atoms. The highest BCUT2D eigenvalue weighted by atomic mass is 19.1. The summed E-state index contributed by atoms with van der Waals surface area (Å²) in [5, 5.41) is 4.97. The fraction of sp³-hybridized carbons (Fsp3) is 0.452. The van der Waals surface area contributed by atoms with Crippen molar-refractivity contribution in [3.8, 4) is 23.0 Å². The minimum atomic E-state index is -1.37. The van der Waals surface area contributed by atoms with E-state index in [1.165, 1.54) is 29.1 Å². The van der Waals surface area contributed by atoms with Crippen LogP contribution in [0.3, 0.4) is 0 Å². The van der Waals surface area contributed by atoms with Gasteiger partial charge in [-0.15, -0.1) is 0 Å². The third-order valence-electron chi connectivity index (χ3n) is 12.8. The van der Waals surface area contributed by atoms with Crippen molar-refractivity contribution in [3.05, 3.63) is 72.1 Å². The van der Waals surface area contributed by atoms with E-state index in [2.05, 4.69) is 24.9 Å². The van der Waals surface area contributed by atoms with Crippen molar-refractivity contribution in [2.45, 2.75) is 62.3 Å². The Morgan fingerprint density at radius 2 is 1.76 bits per heavy atom. The molecule has 322 valence electrons. The van der Waals surface area contributed by atoms with Crippen molar-refractivity contribution in [3.63, 3.8) is 0 Å². The molecule has 1 amide bonds. The van der Waals surface area contributed by atoms with Gasteiger partial charge in [0.05, 0.1) is 60.7 Å². The number of methoxy groups -OCH3 is 1. The number of carbonyl (C=O) groups excluding carboxylic acids is 1. The lowest BCUT2D eigenvalue weighted by atomic mass is 9.87. The number of carbonyl (C=O) groups is 1. The normalized spacial score (nSPS) is 24.8. The van der Waals surface area contributed by atoms with Gasteiger partial charge in [-0.25, -0.2) is 32.2 Å². The average molecular weight is 855 g/mol. The number of piperazine rings is 1. The fourth-order valence-electron chi connectivity index (χ4n) is 9.89. The van der Waals surface area contributed by atoms with Crippen molar-refractivity contribution in [2.24, 2.45) is 0 Å². The molecule has 5 fully saturated rings. The first kappa shape index (κ1) is 38.9. The summed E-state index contributed by atoms with van der Waals surface area (Å²) >= 11 is 0. The van der Waals surface area contributed by atoms with Gasteiger partial charge in [0.1, 0.15) is 41.1 Å². The van der Waals surface area contributed by atoms with Gasteiger partial charge in [-0.1, -0.05) is 0 Å². The van der Waals surface area contributed by atoms with E-state index < -0.39 is 41.4 Å². The van der Waals surface area contributed by atoms with E-state index in [1.54, 1.807) is 31.3 Å². The zero-order valence-corrected chi connectivity index (χ0v) is 34.1. The zero-order chi connectivity index (χ0) is 42.6. The maximum atomic E-state index is 15.5. The number of benzene rings is 2. The molecule has 20 heteroatoms. The Hall–Kier alpha value is -5.99. The van der Waals surface area contributed by atoms with Gasteiger partial charge >= 0.3 is 6.01 Å². The lowest BCUT2D eigenvalue weighted by Crippen LogP contribution is -2.71. The standard InChI is InChI=1S/C42H42F4N12O4/c1-22-49-33-10-24(44)8-29-32-6-7-47-41(50-32)62-27-12-35(39(59)53(2)16-28(60-3)18-55(22)36(29)33)56(17-27)37-30-13-48-58(34-5-4-23(43)9-31(34)45)38(30)52-40(51-37)57-25-11-26(57)15-54(14-25)19-42(46)20-61-21-42/h4-10,13,25-28,35H,11-12,14-21H2,1-3H3/t25?,26?,27-,28+,35-/m0/s1. The van der Waals surface area contributed by atoms with Crippen LogP contribution in [-0.4, -0.2) is 151 Å². The van der Waals surface area contributed by atoms with Crippen LogP contribution in [0.25, 0.3) is 39.0 Å². The predicted octanol–water partition coefficient (Wildman–Crippen LogP) is 3.86. The fourth-order valence-corrected chi connectivity index (χ4v) is 9.89. The Bertz CT molecular complexity index is 2750. The second-order valence-corrected chi connectivity index (χ2v) is 17.1. The molecule has 62 heavy (non-hydrogen) atoms. The molecule has 0 N–H and O–H groups in total. The van der Waals surface area contributed by atoms with Gasteiger partial charge in [0.15, 0.2) is 17.1 Å². The number of amides is 1. The summed E-state index contributed by atoms with van der Waals surface area (Å²) in [6, 6.07) is 6.85. The van der Waals surface area contributed by atoms with E-state index in [-0.39, 0.29) is 74.6 Å². The number of hydrogen-bond donors (Lipinski definition) is 0. The van der Waals surface area contributed by atoms with Crippen LogP contribution in [0.1, 0.15) is 18.7 Å². The second-order valence-electron chi connectivity index (χ2n) is 17.1. The summed E-state index contributed by atoms with van der Waals surface area (Å²) in [7, 11) is 3.29. The Kier molecular flexibility index (Phi) is 9.13. The van der Waals surface area contributed by atoms with Crippen LogP contribution in [0.2, 0.25) is 0 Å². The molecule has 6 aliphatic rings. The van der Waals surface area contributed by atoms with Crippen LogP contribution in [0, 0.1) is 24.4 Å². The number of nitrogens with zero attached hydrogens (tertiary/aromatic N) is 12. The molecule has 16 nitrogen and oxygen atoms in total. The maximum absolute atomic E-state index is 15.5. The molecule has 2 aromatic carbocycles. The summed E-state index contributed by atoms with van der Waals surface area (Å²) in [5.74, 6) is -0.948. The summed E-state index contributed by atoms with van der Waals surface area (Å²) in [6.07, 6.45) is 2.99. The molecule has 5 saturated heterocycles.